The smallest absolute Gasteiger partial charge is 0.293 e. The van der Waals surface area contributed by atoms with Crippen LogP contribution < -0.4 is 4.74 Å². The third kappa shape index (κ3) is 6.15. The molecule has 0 unspecified atom stereocenters. The summed E-state index contributed by atoms with van der Waals surface area (Å²) in [5.74, 6) is 1.72. The molecule has 2 amide bonds. The van der Waals surface area contributed by atoms with Crippen LogP contribution in [-0.2, 0) is 11.2 Å². The van der Waals surface area contributed by atoms with E-state index in [2.05, 4.69) is 22.2 Å². The fraction of sp³-hybridized carbons (Fsp3) is 0.484. The number of nitrogens with zero attached hydrogens (tertiary/aromatic N) is 5. The number of carbonyl (C=O) groups excluding carboxylic acids is 2. The molecule has 3 aromatic rings. The predicted octanol–water partition coefficient (Wildman–Crippen LogP) is 4.76. The van der Waals surface area contributed by atoms with Crippen LogP contribution in [0, 0.1) is 19.3 Å². The Hall–Kier alpha value is -3.68. The monoisotopic (exact) mass is 529 g/mol. The van der Waals surface area contributed by atoms with Gasteiger partial charge in [-0.05, 0) is 75.1 Å². The minimum Gasteiger partial charge on any atom is -0.491 e. The number of likely N-dealkylation sites (tertiary alicyclic amines) is 1. The molecule has 0 N–H and O–H groups in total. The lowest BCUT2D eigenvalue weighted by molar-refractivity contribution is -0.131. The standard InChI is InChI=1S/C31H39N5O3/c1-23-11-13-27(14-12-23)36-24(2)32-29(33-36)30(38)35-20-21-39-28-10-5-4-8-26(28)9-6-7-15-31(22-35)16-18-34(19-17-31)25(3)37/h4-5,8,10-14H,6-7,9,15-22H2,1-3H3. The highest BCUT2D eigenvalue weighted by Crippen LogP contribution is 2.38. The maximum Gasteiger partial charge on any atom is 0.293 e. The number of benzene rings is 2. The minimum atomic E-state index is -0.175. The number of hydrogen-bond donors (Lipinski definition) is 0. The largest absolute Gasteiger partial charge is 0.491 e. The van der Waals surface area contributed by atoms with E-state index >= 15 is 0 Å². The molecule has 39 heavy (non-hydrogen) atoms. The van der Waals surface area contributed by atoms with E-state index in [1.165, 1.54) is 5.56 Å². The summed E-state index contributed by atoms with van der Waals surface area (Å²) in [7, 11) is 0. The first-order chi connectivity index (χ1) is 18.8. The molecule has 5 rings (SSSR count). The summed E-state index contributed by atoms with van der Waals surface area (Å²) in [6.45, 7) is 8.48. The van der Waals surface area contributed by atoms with Crippen LogP contribution in [0.3, 0.4) is 0 Å². The molecule has 0 atom stereocenters. The number of fused-ring (bicyclic) bond motifs is 1. The molecule has 0 saturated carbocycles. The first-order valence-electron chi connectivity index (χ1n) is 14.1. The molecule has 0 aliphatic carbocycles. The van der Waals surface area contributed by atoms with Crippen LogP contribution in [-0.4, -0.2) is 69.2 Å². The molecule has 206 valence electrons. The van der Waals surface area contributed by atoms with Crippen LogP contribution in [0.1, 0.15) is 66.6 Å². The van der Waals surface area contributed by atoms with Crippen molar-refractivity contribution in [3.63, 3.8) is 0 Å². The van der Waals surface area contributed by atoms with E-state index in [0.717, 1.165) is 68.6 Å². The van der Waals surface area contributed by atoms with Gasteiger partial charge in [0, 0.05) is 26.6 Å². The SMILES string of the molecule is CC(=O)N1CCC2(CCCCc3ccccc3OCCN(C(=O)c3nc(C)n(-c4ccc(C)cc4)n3)C2)CC1. The zero-order valence-electron chi connectivity index (χ0n) is 23.4. The van der Waals surface area contributed by atoms with Gasteiger partial charge in [0.15, 0.2) is 0 Å². The molecule has 0 radical (unpaired) electrons. The van der Waals surface area contributed by atoms with Crippen LogP contribution in [0.5, 0.6) is 5.75 Å². The van der Waals surface area contributed by atoms with Crippen molar-refractivity contribution in [3.8, 4) is 11.4 Å². The Labute approximate surface area is 231 Å². The van der Waals surface area contributed by atoms with Crippen LogP contribution in [0.4, 0.5) is 0 Å². The molecule has 1 fully saturated rings. The Morgan fingerprint density at radius 3 is 2.38 bits per heavy atom. The van der Waals surface area contributed by atoms with Crippen molar-refractivity contribution in [1.29, 1.82) is 0 Å². The fourth-order valence-electron chi connectivity index (χ4n) is 5.93. The average Bonchev–Trinajstić information content (AvgIpc) is 3.32. The molecule has 2 aliphatic heterocycles. The number of carbonyl (C=O) groups is 2. The van der Waals surface area contributed by atoms with Crippen molar-refractivity contribution < 1.29 is 14.3 Å². The first-order valence-corrected chi connectivity index (χ1v) is 14.1. The fourth-order valence-corrected chi connectivity index (χ4v) is 5.93. The third-order valence-electron chi connectivity index (χ3n) is 8.32. The number of rotatable bonds is 2. The lowest BCUT2D eigenvalue weighted by atomic mass is 9.73. The first kappa shape index (κ1) is 26.9. The van der Waals surface area contributed by atoms with Crippen molar-refractivity contribution in [2.24, 2.45) is 5.41 Å². The second kappa shape index (κ2) is 11.6. The average molecular weight is 530 g/mol. The highest BCUT2D eigenvalue weighted by atomic mass is 16.5. The van der Waals surface area contributed by atoms with E-state index in [0.29, 0.717) is 25.5 Å². The van der Waals surface area contributed by atoms with Crippen LogP contribution in [0.25, 0.3) is 5.69 Å². The normalized spacial score (nSPS) is 18.0. The van der Waals surface area contributed by atoms with Crippen LogP contribution in [0.15, 0.2) is 48.5 Å². The molecule has 3 heterocycles. The molecule has 8 nitrogen and oxygen atoms in total. The van der Waals surface area contributed by atoms with Crippen LogP contribution in [0.2, 0.25) is 0 Å². The molecule has 8 heteroatoms. The third-order valence-corrected chi connectivity index (χ3v) is 8.32. The quantitative estimate of drug-likeness (QED) is 0.478. The van der Waals surface area contributed by atoms with Gasteiger partial charge in [0.05, 0.1) is 12.2 Å². The number of hydrogen-bond acceptors (Lipinski definition) is 5. The number of amides is 2. The zero-order valence-corrected chi connectivity index (χ0v) is 23.4. The molecule has 0 bridgehead atoms. The Balaban J connectivity index is 1.42. The van der Waals surface area contributed by atoms with Gasteiger partial charge < -0.3 is 14.5 Å². The summed E-state index contributed by atoms with van der Waals surface area (Å²) in [5.41, 5.74) is 3.21. The summed E-state index contributed by atoms with van der Waals surface area (Å²) in [4.78, 5) is 34.4. The number of aryl methyl sites for hydroxylation is 3. The highest BCUT2D eigenvalue weighted by Gasteiger charge is 2.38. The van der Waals surface area contributed by atoms with Gasteiger partial charge in [0.2, 0.25) is 11.7 Å². The van der Waals surface area contributed by atoms with Crippen molar-refractivity contribution in [1.82, 2.24) is 24.6 Å². The van der Waals surface area contributed by atoms with Crippen molar-refractivity contribution in [3.05, 3.63) is 71.3 Å². The maximum atomic E-state index is 14.0. The van der Waals surface area contributed by atoms with Gasteiger partial charge in [0.1, 0.15) is 18.2 Å². The predicted molar refractivity (Wildman–Crippen MR) is 150 cm³/mol. The van der Waals surface area contributed by atoms with Gasteiger partial charge in [-0.25, -0.2) is 9.67 Å². The van der Waals surface area contributed by atoms with E-state index in [4.69, 9.17) is 4.74 Å². The Morgan fingerprint density at radius 1 is 0.897 bits per heavy atom. The van der Waals surface area contributed by atoms with E-state index in [-0.39, 0.29) is 23.1 Å². The van der Waals surface area contributed by atoms with Crippen LogP contribution >= 0.6 is 0 Å². The number of para-hydroxylation sites is 1. The summed E-state index contributed by atoms with van der Waals surface area (Å²) in [6.07, 6.45) is 5.91. The number of ether oxygens (including phenoxy) is 1. The number of aromatic nitrogens is 3. The van der Waals surface area contributed by atoms with Gasteiger partial charge in [-0.15, -0.1) is 5.10 Å². The lowest BCUT2D eigenvalue weighted by Crippen LogP contribution is -2.49. The molecule has 2 aromatic carbocycles. The van der Waals surface area contributed by atoms with Gasteiger partial charge in [-0.3, -0.25) is 9.59 Å². The minimum absolute atomic E-state index is 0.0467. The Morgan fingerprint density at radius 2 is 1.64 bits per heavy atom. The summed E-state index contributed by atoms with van der Waals surface area (Å²) in [5, 5.41) is 4.64. The molecule has 1 aromatic heterocycles. The van der Waals surface area contributed by atoms with E-state index in [1.54, 1.807) is 11.6 Å². The van der Waals surface area contributed by atoms with E-state index < -0.39 is 0 Å². The Bertz CT molecular complexity index is 1310. The second-order valence-corrected chi connectivity index (χ2v) is 11.1. The summed E-state index contributed by atoms with van der Waals surface area (Å²) >= 11 is 0. The number of piperidine rings is 1. The van der Waals surface area contributed by atoms with Gasteiger partial charge in [-0.1, -0.05) is 42.3 Å². The van der Waals surface area contributed by atoms with Gasteiger partial charge >= 0.3 is 0 Å². The maximum absolute atomic E-state index is 14.0. The summed E-state index contributed by atoms with van der Waals surface area (Å²) < 4.78 is 7.95. The summed E-state index contributed by atoms with van der Waals surface area (Å²) in [6, 6.07) is 16.2. The van der Waals surface area contributed by atoms with Gasteiger partial charge in [0.25, 0.3) is 5.91 Å². The lowest BCUT2D eigenvalue weighted by Gasteiger charge is -2.44. The molecular weight excluding hydrogens is 490 g/mol. The van der Waals surface area contributed by atoms with Crippen molar-refractivity contribution in [2.45, 2.75) is 59.3 Å². The van der Waals surface area contributed by atoms with Gasteiger partial charge in [-0.2, -0.15) is 0 Å². The molecule has 1 spiro atoms. The van der Waals surface area contributed by atoms with E-state index in [9.17, 15) is 9.59 Å². The second-order valence-electron chi connectivity index (χ2n) is 11.1. The van der Waals surface area contributed by atoms with Crippen molar-refractivity contribution in [2.75, 3.05) is 32.8 Å². The molecular formula is C31H39N5O3. The Kier molecular flexibility index (Phi) is 8.00. The molecule has 2 aliphatic rings. The molecule has 1 saturated heterocycles. The topological polar surface area (TPSA) is 80.6 Å². The highest BCUT2D eigenvalue weighted by molar-refractivity contribution is 5.90. The van der Waals surface area contributed by atoms with E-state index in [1.807, 2.05) is 60.0 Å². The van der Waals surface area contributed by atoms with Crippen molar-refractivity contribution >= 4 is 11.8 Å². The zero-order chi connectivity index (χ0) is 27.4.